The minimum atomic E-state index is -0.363. The fraction of sp³-hybridized carbons (Fsp3) is 0.476. The van der Waals surface area contributed by atoms with E-state index >= 15 is 0 Å². The molecule has 1 saturated heterocycles. The van der Waals surface area contributed by atoms with Gasteiger partial charge in [0.05, 0.1) is 18.6 Å². The molecule has 158 valence electrons. The van der Waals surface area contributed by atoms with Gasteiger partial charge in [-0.3, -0.25) is 19.3 Å². The van der Waals surface area contributed by atoms with Gasteiger partial charge in [-0.05, 0) is 47.9 Å². The summed E-state index contributed by atoms with van der Waals surface area (Å²) < 4.78 is 10.8. The molecular weight excluding hydrogens is 392 g/mol. The Bertz CT molecular complexity index is 814. The standard InChI is InChI=1S/C21H28N2O5S/c1-6-28-15-8-7-14(11-16(15)27-5)12-17-19(25)23(20(26)29-17)10-9-22-18(24)13-21(2,3)4/h7-8,11-12H,6,9-10,13H2,1-5H3,(H,22,24)/b17-12-. The summed E-state index contributed by atoms with van der Waals surface area (Å²) in [5.41, 5.74) is 0.614. The van der Waals surface area contributed by atoms with E-state index in [1.54, 1.807) is 31.4 Å². The third-order valence-corrected chi connectivity index (χ3v) is 4.91. The number of hydrogen-bond donors (Lipinski definition) is 1. The lowest BCUT2D eigenvalue weighted by Gasteiger charge is -2.18. The van der Waals surface area contributed by atoms with Crippen LogP contribution in [0.3, 0.4) is 0 Å². The molecule has 1 heterocycles. The summed E-state index contributed by atoms with van der Waals surface area (Å²) in [7, 11) is 1.55. The fourth-order valence-electron chi connectivity index (χ4n) is 2.74. The minimum absolute atomic E-state index is 0.0958. The van der Waals surface area contributed by atoms with Gasteiger partial charge >= 0.3 is 0 Å². The molecular formula is C21H28N2O5S. The topological polar surface area (TPSA) is 84.9 Å². The largest absolute Gasteiger partial charge is 0.493 e. The molecule has 0 spiro atoms. The second-order valence-corrected chi connectivity index (χ2v) is 8.76. The van der Waals surface area contributed by atoms with Crippen molar-refractivity contribution in [1.29, 1.82) is 0 Å². The number of nitrogens with one attached hydrogen (secondary N) is 1. The van der Waals surface area contributed by atoms with Crippen molar-refractivity contribution in [2.75, 3.05) is 26.8 Å². The number of carbonyl (C=O) groups is 3. The van der Waals surface area contributed by atoms with Crippen molar-refractivity contribution in [3.63, 3.8) is 0 Å². The van der Waals surface area contributed by atoms with Crippen molar-refractivity contribution < 1.29 is 23.9 Å². The molecule has 1 aromatic carbocycles. The van der Waals surface area contributed by atoms with E-state index < -0.39 is 0 Å². The Kier molecular flexibility index (Phi) is 7.73. The van der Waals surface area contributed by atoms with Crippen molar-refractivity contribution in [2.24, 2.45) is 5.41 Å². The van der Waals surface area contributed by atoms with E-state index in [9.17, 15) is 14.4 Å². The number of rotatable bonds is 8. The third kappa shape index (κ3) is 6.52. The zero-order valence-corrected chi connectivity index (χ0v) is 18.4. The van der Waals surface area contributed by atoms with Gasteiger partial charge in [0, 0.05) is 19.5 Å². The lowest BCUT2D eigenvalue weighted by atomic mass is 9.92. The van der Waals surface area contributed by atoms with Gasteiger partial charge in [0.25, 0.3) is 11.1 Å². The van der Waals surface area contributed by atoms with E-state index in [4.69, 9.17) is 9.47 Å². The molecule has 0 radical (unpaired) electrons. The maximum absolute atomic E-state index is 12.6. The molecule has 0 aromatic heterocycles. The van der Waals surface area contributed by atoms with Crippen molar-refractivity contribution in [3.8, 4) is 11.5 Å². The normalized spacial score (nSPS) is 15.8. The summed E-state index contributed by atoms with van der Waals surface area (Å²) in [4.78, 5) is 38.2. The summed E-state index contributed by atoms with van der Waals surface area (Å²) in [6, 6.07) is 5.32. The van der Waals surface area contributed by atoms with Crippen molar-refractivity contribution >= 4 is 34.9 Å². The number of thioether (sulfide) groups is 1. The molecule has 7 nitrogen and oxygen atoms in total. The Hall–Kier alpha value is -2.48. The van der Waals surface area contributed by atoms with E-state index in [1.165, 1.54) is 0 Å². The molecule has 1 aliphatic heterocycles. The molecule has 1 fully saturated rings. The maximum atomic E-state index is 12.6. The second-order valence-electron chi connectivity index (χ2n) is 7.76. The third-order valence-electron chi connectivity index (χ3n) is 4.01. The van der Waals surface area contributed by atoms with Crippen LogP contribution in [0.5, 0.6) is 11.5 Å². The predicted molar refractivity (Wildman–Crippen MR) is 114 cm³/mol. The van der Waals surface area contributed by atoms with Crippen LogP contribution < -0.4 is 14.8 Å². The van der Waals surface area contributed by atoms with Crippen LogP contribution in [0.2, 0.25) is 0 Å². The Morgan fingerprint density at radius 2 is 1.97 bits per heavy atom. The molecule has 1 aromatic rings. The first-order valence-electron chi connectivity index (χ1n) is 9.47. The highest BCUT2D eigenvalue weighted by atomic mass is 32.2. The highest BCUT2D eigenvalue weighted by Gasteiger charge is 2.34. The van der Waals surface area contributed by atoms with Gasteiger partial charge in [-0.15, -0.1) is 0 Å². The number of methoxy groups -OCH3 is 1. The SMILES string of the molecule is CCOc1ccc(/C=C2\SC(=O)N(CCNC(=O)CC(C)(C)C)C2=O)cc1OC. The van der Waals surface area contributed by atoms with Crippen molar-refractivity contribution in [2.45, 2.75) is 34.1 Å². The molecule has 0 aliphatic carbocycles. The lowest BCUT2D eigenvalue weighted by Crippen LogP contribution is -2.38. The van der Waals surface area contributed by atoms with Crippen LogP contribution in [0.1, 0.15) is 39.7 Å². The van der Waals surface area contributed by atoms with E-state index in [-0.39, 0.29) is 35.6 Å². The first-order valence-corrected chi connectivity index (χ1v) is 10.3. The highest BCUT2D eigenvalue weighted by molar-refractivity contribution is 8.18. The Labute approximate surface area is 175 Å². The van der Waals surface area contributed by atoms with Gasteiger partial charge in [-0.25, -0.2) is 0 Å². The van der Waals surface area contributed by atoms with Crippen molar-refractivity contribution in [3.05, 3.63) is 28.7 Å². The number of imide groups is 1. The Morgan fingerprint density at radius 1 is 1.24 bits per heavy atom. The summed E-state index contributed by atoms with van der Waals surface area (Å²) in [6.45, 7) is 8.70. The zero-order chi connectivity index (χ0) is 21.6. The van der Waals surface area contributed by atoms with Crippen LogP contribution in [-0.2, 0) is 9.59 Å². The molecule has 0 bridgehead atoms. The first kappa shape index (κ1) is 22.8. The summed E-state index contributed by atoms with van der Waals surface area (Å²) in [5.74, 6) is 0.715. The number of carbonyl (C=O) groups excluding carboxylic acids is 3. The summed E-state index contributed by atoms with van der Waals surface area (Å²) in [5, 5.41) is 2.42. The predicted octanol–water partition coefficient (Wildman–Crippen LogP) is 3.68. The Morgan fingerprint density at radius 3 is 2.59 bits per heavy atom. The van der Waals surface area contributed by atoms with Crippen molar-refractivity contribution in [1.82, 2.24) is 10.2 Å². The highest BCUT2D eigenvalue weighted by Crippen LogP contribution is 2.34. The second kappa shape index (κ2) is 9.82. The average molecular weight is 421 g/mol. The van der Waals surface area contributed by atoms with E-state index in [0.29, 0.717) is 29.4 Å². The lowest BCUT2D eigenvalue weighted by molar-refractivity contribution is -0.125. The molecule has 0 unspecified atom stereocenters. The molecule has 29 heavy (non-hydrogen) atoms. The monoisotopic (exact) mass is 420 g/mol. The van der Waals surface area contributed by atoms with Crippen LogP contribution >= 0.6 is 11.8 Å². The minimum Gasteiger partial charge on any atom is -0.493 e. The zero-order valence-electron chi connectivity index (χ0n) is 17.5. The Balaban J connectivity index is 2.02. The number of amides is 3. The molecule has 0 saturated carbocycles. The van der Waals surface area contributed by atoms with Gasteiger partial charge in [0.2, 0.25) is 5.91 Å². The van der Waals surface area contributed by atoms with E-state index in [2.05, 4.69) is 5.32 Å². The van der Waals surface area contributed by atoms with Gasteiger partial charge in [0.1, 0.15) is 0 Å². The molecule has 8 heteroatoms. The molecule has 1 aliphatic rings. The van der Waals surface area contributed by atoms with Gasteiger partial charge in [0.15, 0.2) is 11.5 Å². The smallest absolute Gasteiger partial charge is 0.293 e. The molecule has 3 amide bonds. The number of ether oxygens (including phenoxy) is 2. The molecule has 2 rings (SSSR count). The number of benzene rings is 1. The summed E-state index contributed by atoms with van der Waals surface area (Å²) >= 11 is 0.887. The van der Waals surface area contributed by atoms with Crippen LogP contribution in [0.15, 0.2) is 23.1 Å². The number of hydrogen-bond acceptors (Lipinski definition) is 6. The van der Waals surface area contributed by atoms with E-state index in [0.717, 1.165) is 22.2 Å². The molecule has 0 atom stereocenters. The van der Waals surface area contributed by atoms with Gasteiger partial charge in [-0.1, -0.05) is 26.8 Å². The van der Waals surface area contributed by atoms with Gasteiger partial charge in [-0.2, -0.15) is 0 Å². The van der Waals surface area contributed by atoms with Crippen LogP contribution in [0.4, 0.5) is 4.79 Å². The number of nitrogens with zero attached hydrogens (tertiary/aromatic N) is 1. The van der Waals surface area contributed by atoms with Crippen LogP contribution in [-0.4, -0.2) is 48.8 Å². The van der Waals surface area contributed by atoms with Crippen LogP contribution in [0.25, 0.3) is 6.08 Å². The average Bonchev–Trinajstić information content (AvgIpc) is 2.89. The molecule has 1 N–H and O–H groups in total. The first-order chi connectivity index (χ1) is 13.6. The van der Waals surface area contributed by atoms with Gasteiger partial charge < -0.3 is 14.8 Å². The summed E-state index contributed by atoms with van der Waals surface area (Å²) in [6.07, 6.45) is 2.04. The quantitative estimate of drug-likeness (QED) is 0.646. The van der Waals surface area contributed by atoms with Crippen LogP contribution in [0, 0.1) is 5.41 Å². The van der Waals surface area contributed by atoms with E-state index in [1.807, 2.05) is 27.7 Å². The maximum Gasteiger partial charge on any atom is 0.293 e. The fourth-order valence-corrected chi connectivity index (χ4v) is 3.61.